The number of halogens is 1. The van der Waals surface area contributed by atoms with E-state index < -0.39 is 5.97 Å². The zero-order valence-corrected chi connectivity index (χ0v) is 11.1. The standard InChI is InChI=1S/C14H13ClN2O2/c1-9-3-2-4-11(17-9)8-19-14(18)10-5-6-13(16)12(15)7-10/h2-7H,8,16H2,1H3. The minimum Gasteiger partial charge on any atom is -0.456 e. The zero-order chi connectivity index (χ0) is 13.8. The van der Waals surface area contributed by atoms with Gasteiger partial charge in [-0.15, -0.1) is 0 Å². The van der Waals surface area contributed by atoms with E-state index >= 15 is 0 Å². The number of pyridine rings is 1. The van der Waals surface area contributed by atoms with Crippen LogP contribution in [0, 0.1) is 6.92 Å². The van der Waals surface area contributed by atoms with Gasteiger partial charge in [-0.2, -0.15) is 0 Å². The van der Waals surface area contributed by atoms with Gasteiger partial charge in [0.1, 0.15) is 6.61 Å². The third kappa shape index (κ3) is 3.45. The molecule has 2 N–H and O–H groups in total. The van der Waals surface area contributed by atoms with Gasteiger partial charge in [0.2, 0.25) is 0 Å². The van der Waals surface area contributed by atoms with Crippen LogP contribution in [-0.2, 0) is 11.3 Å². The molecule has 0 amide bonds. The highest BCUT2D eigenvalue weighted by atomic mass is 35.5. The molecule has 0 saturated heterocycles. The molecular formula is C14H13ClN2O2. The van der Waals surface area contributed by atoms with Gasteiger partial charge >= 0.3 is 5.97 Å². The highest BCUT2D eigenvalue weighted by Gasteiger charge is 2.09. The van der Waals surface area contributed by atoms with Crippen LogP contribution in [0.25, 0.3) is 0 Å². The summed E-state index contributed by atoms with van der Waals surface area (Å²) in [4.78, 5) is 16.1. The Labute approximate surface area is 116 Å². The van der Waals surface area contributed by atoms with Crippen molar-refractivity contribution in [2.75, 3.05) is 5.73 Å². The predicted octanol–water partition coefficient (Wildman–Crippen LogP) is 2.98. The molecule has 0 aliphatic carbocycles. The first-order valence-corrected chi connectivity index (χ1v) is 6.09. The summed E-state index contributed by atoms with van der Waals surface area (Å²) < 4.78 is 5.16. The van der Waals surface area contributed by atoms with E-state index in [2.05, 4.69) is 4.98 Å². The predicted molar refractivity (Wildman–Crippen MR) is 74.0 cm³/mol. The highest BCUT2D eigenvalue weighted by Crippen LogP contribution is 2.20. The molecule has 2 aromatic rings. The number of carbonyl (C=O) groups excluding carboxylic acids is 1. The molecule has 2 rings (SSSR count). The Morgan fingerprint density at radius 3 is 2.84 bits per heavy atom. The smallest absolute Gasteiger partial charge is 0.338 e. The van der Waals surface area contributed by atoms with Gasteiger partial charge in [0.15, 0.2) is 0 Å². The van der Waals surface area contributed by atoms with Crippen LogP contribution in [0.2, 0.25) is 5.02 Å². The van der Waals surface area contributed by atoms with E-state index in [4.69, 9.17) is 22.1 Å². The van der Waals surface area contributed by atoms with Crippen LogP contribution in [-0.4, -0.2) is 11.0 Å². The molecule has 1 aromatic heterocycles. The number of hydrogen-bond acceptors (Lipinski definition) is 4. The number of aromatic nitrogens is 1. The number of rotatable bonds is 3. The summed E-state index contributed by atoms with van der Waals surface area (Å²) in [6, 6.07) is 10.2. The number of nitrogen functional groups attached to an aromatic ring is 1. The average molecular weight is 277 g/mol. The molecule has 5 heteroatoms. The van der Waals surface area contributed by atoms with Crippen molar-refractivity contribution in [3.63, 3.8) is 0 Å². The number of benzene rings is 1. The molecule has 0 bridgehead atoms. The molecule has 19 heavy (non-hydrogen) atoms. The van der Waals surface area contributed by atoms with Crippen LogP contribution in [0.4, 0.5) is 5.69 Å². The Morgan fingerprint density at radius 2 is 2.16 bits per heavy atom. The fourth-order valence-corrected chi connectivity index (χ4v) is 1.74. The first kappa shape index (κ1) is 13.4. The minimum absolute atomic E-state index is 0.127. The highest BCUT2D eigenvalue weighted by molar-refractivity contribution is 6.33. The maximum absolute atomic E-state index is 11.8. The number of aryl methyl sites for hydroxylation is 1. The van der Waals surface area contributed by atoms with Gasteiger partial charge in [-0.25, -0.2) is 4.79 Å². The summed E-state index contributed by atoms with van der Waals surface area (Å²) in [5.74, 6) is -0.454. The largest absolute Gasteiger partial charge is 0.456 e. The molecule has 0 spiro atoms. The molecule has 0 unspecified atom stereocenters. The fraction of sp³-hybridized carbons (Fsp3) is 0.143. The Kier molecular flexibility index (Phi) is 4.02. The topological polar surface area (TPSA) is 65.2 Å². The number of nitrogens with zero attached hydrogens (tertiary/aromatic N) is 1. The third-order valence-electron chi connectivity index (χ3n) is 2.53. The number of anilines is 1. The lowest BCUT2D eigenvalue weighted by Gasteiger charge is -2.06. The molecule has 98 valence electrons. The van der Waals surface area contributed by atoms with Crippen molar-refractivity contribution in [1.82, 2.24) is 4.98 Å². The second-order valence-electron chi connectivity index (χ2n) is 4.08. The van der Waals surface area contributed by atoms with E-state index in [0.29, 0.717) is 22.0 Å². The molecule has 0 atom stereocenters. The summed E-state index contributed by atoms with van der Waals surface area (Å²) in [5.41, 5.74) is 7.96. The maximum Gasteiger partial charge on any atom is 0.338 e. The van der Waals surface area contributed by atoms with Crippen molar-refractivity contribution in [3.05, 3.63) is 58.4 Å². The lowest BCUT2D eigenvalue weighted by Crippen LogP contribution is -2.06. The molecule has 1 aromatic carbocycles. The molecule has 4 nitrogen and oxygen atoms in total. The summed E-state index contributed by atoms with van der Waals surface area (Å²) >= 11 is 5.85. The van der Waals surface area contributed by atoms with Crippen LogP contribution in [0.3, 0.4) is 0 Å². The van der Waals surface area contributed by atoms with Gasteiger partial charge in [-0.05, 0) is 37.3 Å². The SMILES string of the molecule is Cc1cccc(COC(=O)c2ccc(N)c(Cl)c2)n1. The summed E-state index contributed by atoms with van der Waals surface area (Å²) in [6.07, 6.45) is 0. The van der Waals surface area contributed by atoms with E-state index in [1.807, 2.05) is 19.1 Å². The third-order valence-corrected chi connectivity index (χ3v) is 2.86. The monoisotopic (exact) mass is 276 g/mol. The van der Waals surface area contributed by atoms with Gasteiger partial charge < -0.3 is 10.5 Å². The number of nitrogens with two attached hydrogens (primary N) is 1. The van der Waals surface area contributed by atoms with Gasteiger partial charge in [0.25, 0.3) is 0 Å². The van der Waals surface area contributed by atoms with Gasteiger partial charge in [-0.1, -0.05) is 17.7 Å². The Bertz CT molecular complexity index is 614. The lowest BCUT2D eigenvalue weighted by molar-refractivity contribution is 0.0467. The lowest BCUT2D eigenvalue weighted by atomic mass is 10.2. The Hall–Kier alpha value is -2.07. The van der Waals surface area contributed by atoms with Crippen molar-refractivity contribution in [1.29, 1.82) is 0 Å². The average Bonchev–Trinajstić information content (AvgIpc) is 2.39. The van der Waals surface area contributed by atoms with Crippen LogP contribution < -0.4 is 5.73 Å². The summed E-state index contributed by atoms with van der Waals surface area (Å²) in [5, 5.41) is 0.336. The Balaban J connectivity index is 2.03. The molecule has 0 fully saturated rings. The van der Waals surface area contributed by atoms with Crippen LogP contribution >= 0.6 is 11.6 Å². The minimum atomic E-state index is -0.454. The maximum atomic E-state index is 11.8. The summed E-state index contributed by atoms with van der Waals surface area (Å²) in [7, 11) is 0. The second-order valence-corrected chi connectivity index (χ2v) is 4.49. The fourth-order valence-electron chi connectivity index (χ4n) is 1.56. The Morgan fingerprint density at radius 1 is 1.37 bits per heavy atom. The molecule has 0 aliphatic heterocycles. The van der Waals surface area contributed by atoms with E-state index in [1.54, 1.807) is 18.2 Å². The van der Waals surface area contributed by atoms with Crippen molar-refractivity contribution in [2.45, 2.75) is 13.5 Å². The van der Waals surface area contributed by atoms with Crippen LogP contribution in [0.15, 0.2) is 36.4 Å². The molecule has 0 saturated carbocycles. The molecule has 0 radical (unpaired) electrons. The number of ether oxygens (including phenoxy) is 1. The second kappa shape index (κ2) is 5.71. The van der Waals surface area contributed by atoms with E-state index in [9.17, 15) is 4.79 Å². The number of hydrogen-bond donors (Lipinski definition) is 1. The van der Waals surface area contributed by atoms with Crippen molar-refractivity contribution in [2.24, 2.45) is 0 Å². The van der Waals surface area contributed by atoms with E-state index in [1.165, 1.54) is 6.07 Å². The van der Waals surface area contributed by atoms with Gasteiger partial charge in [0, 0.05) is 5.69 Å². The van der Waals surface area contributed by atoms with Gasteiger partial charge in [-0.3, -0.25) is 4.98 Å². The number of carbonyl (C=O) groups is 1. The first-order chi connectivity index (χ1) is 9.06. The number of esters is 1. The molecular weight excluding hydrogens is 264 g/mol. The van der Waals surface area contributed by atoms with Crippen molar-refractivity contribution in [3.8, 4) is 0 Å². The van der Waals surface area contributed by atoms with Crippen LogP contribution in [0.5, 0.6) is 0 Å². The van der Waals surface area contributed by atoms with E-state index in [-0.39, 0.29) is 6.61 Å². The quantitative estimate of drug-likeness (QED) is 0.691. The molecule has 0 aliphatic rings. The van der Waals surface area contributed by atoms with Crippen molar-refractivity contribution >= 4 is 23.3 Å². The zero-order valence-electron chi connectivity index (χ0n) is 10.4. The normalized spacial score (nSPS) is 10.2. The van der Waals surface area contributed by atoms with Crippen molar-refractivity contribution < 1.29 is 9.53 Å². The molecule has 1 heterocycles. The van der Waals surface area contributed by atoms with Crippen LogP contribution in [0.1, 0.15) is 21.7 Å². The van der Waals surface area contributed by atoms with Gasteiger partial charge in [0.05, 0.1) is 22.0 Å². The summed E-state index contributed by atoms with van der Waals surface area (Å²) in [6.45, 7) is 2.01. The van der Waals surface area contributed by atoms with E-state index in [0.717, 1.165) is 5.69 Å². The first-order valence-electron chi connectivity index (χ1n) is 5.71.